The zero-order chi connectivity index (χ0) is 13.1. The lowest BCUT2D eigenvalue weighted by Crippen LogP contribution is -2.21. The summed E-state index contributed by atoms with van der Waals surface area (Å²) in [5, 5.41) is 9.85. The van der Waals surface area contributed by atoms with E-state index in [1.54, 1.807) is 11.3 Å². The standard InChI is InChI=1S/C13H20N4S/c1-10-12(8-14-2)13(17(4)15-10)16(3)9-11-6-5-7-18-11/h5-7,14H,8-9H2,1-4H3. The second kappa shape index (κ2) is 5.54. The van der Waals surface area contributed by atoms with Crippen molar-refractivity contribution in [2.45, 2.75) is 20.0 Å². The largest absolute Gasteiger partial charge is 0.354 e. The maximum absolute atomic E-state index is 4.52. The maximum atomic E-state index is 4.52. The van der Waals surface area contributed by atoms with Gasteiger partial charge in [0, 0.05) is 31.1 Å². The Hall–Kier alpha value is -1.33. The molecule has 0 radical (unpaired) electrons. The number of aromatic nitrogens is 2. The monoisotopic (exact) mass is 264 g/mol. The van der Waals surface area contributed by atoms with E-state index in [-0.39, 0.29) is 0 Å². The van der Waals surface area contributed by atoms with E-state index in [0.717, 1.165) is 18.8 Å². The number of aryl methyl sites for hydroxylation is 2. The van der Waals surface area contributed by atoms with Crippen LogP contribution in [0.4, 0.5) is 5.82 Å². The quantitative estimate of drug-likeness (QED) is 0.898. The van der Waals surface area contributed by atoms with Gasteiger partial charge in [-0.15, -0.1) is 11.3 Å². The van der Waals surface area contributed by atoms with Gasteiger partial charge in [-0.05, 0) is 25.4 Å². The van der Waals surface area contributed by atoms with Crippen molar-refractivity contribution in [1.82, 2.24) is 15.1 Å². The van der Waals surface area contributed by atoms with E-state index in [0.29, 0.717) is 0 Å². The van der Waals surface area contributed by atoms with E-state index in [9.17, 15) is 0 Å². The molecule has 0 unspecified atom stereocenters. The molecule has 0 aliphatic rings. The highest BCUT2D eigenvalue weighted by Crippen LogP contribution is 2.24. The minimum Gasteiger partial charge on any atom is -0.354 e. The number of hydrogen-bond acceptors (Lipinski definition) is 4. The summed E-state index contributed by atoms with van der Waals surface area (Å²) in [5.41, 5.74) is 2.37. The minimum absolute atomic E-state index is 0.851. The second-order valence-corrected chi connectivity index (χ2v) is 5.51. The average molecular weight is 264 g/mol. The molecule has 2 heterocycles. The van der Waals surface area contributed by atoms with Crippen LogP contribution in [-0.4, -0.2) is 23.9 Å². The molecule has 0 aliphatic carbocycles. The van der Waals surface area contributed by atoms with Crippen LogP contribution in [0, 0.1) is 6.92 Å². The Labute approximate surface area is 112 Å². The topological polar surface area (TPSA) is 33.1 Å². The van der Waals surface area contributed by atoms with Crippen LogP contribution < -0.4 is 10.2 Å². The predicted molar refractivity (Wildman–Crippen MR) is 77.1 cm³/mol. The number of anilines is 1. The number of nitrogens with zero attached hydrogens (tertiary/aromatic N) is 3. The third-order valence-electron chi connectivity index (χ3n) is 3.00. The molecule has 0 fully saturated rings. The summed E-state index contributed by atoms with van der Waals surface area (Å²) in [6, 6.07) is 4.26. The normalized spacial score (nSPS) is 10.9. The van der Waals surface area contributed by atoms with Crippen molar-refractivity contribution in [3.05, 3.63) is 33.6 Å². The van der Waals surface area contributed by atoms with Crippen molar-refractivity contribution in [1.29, 1.82) is 0 Å². The second-order valence-electron chi connectivity index (χ2n) is 4.48. The van der Waals surface area contributed by atoms with Gasteiger partial charge in [0.2, 0.25) is 0 Å². The highest BCUT2D eigenvalue weighted by atomic mass is 32.1. The highest BCUT2D eigenvalue weighted by Gasteiger charge is 2.16. The fourth-order valence-corrected chi connectivity index (χ4v) is 3.02. The van der Waals surface area contributed by atoms with Crippen LogP contribution in [0.5, 0.6) is 0 Å². The van der Waals surface area contributed by atoms with Crippen LogP contribution in [-0.2, 0) is 20.1 Å². The molecule has 0 aliphatic heterocycles. The van der Waals surface area contributed by atoms with Gasteiger partial charge in [0.25, 0.3) is 0 Å². The Morgan fingerprint density at radius 2 is 2.28 bits per heavy atom. The van der Waals surface area contributed by atoms with E-state index in [1.807, 2.05) is 18.8 Å². The Morgan fingerprint density at radius 1 is 1.50 bits per heavy atom. The molecule has 5 heteroatoms. The predicted octanol–water partition coefficient (Wildman–Crippen LogP) is 2.15. The molecule has 18 heavy (non-hydrogen) atoms. The van der Waals surface area contributed by atoms with E-state index in [4.69, 9.17) is 0 Å². The molecule has 0 amide bonds. The molecule has 1 N–H and O–H groups in total. The van der Waals surface area contributed by atoms with Gasteiger partial charge in [-0.25, -0.2) is 0 Å². The zero-order valence-electron chi connectivity index (χ0n) is 11.4. The van der Waals surface area contributed by atoms with Crippen molar-refractivity contribution in [3.63, 3.8) is 0 Å². The van der Waals surface area contributed by atoms with Gasteiger partial charge in [0.1, 0.15) is 5.82 Å². The Bertz CT molecular complexity index is 501. The molecule has 2 aromatic rings. The Balaban J connectivity index is 2.26. The minimum atomic E-state index is 0.851. The molecule has 0 atom stereocenters. The molecule has 0 bridgehead atoms. The number of nitrogens with one attached hydrogen (secondary N) is 1. The highest BCUT2D eigenvalue weighted by molar-refractivity contribution is 7.09. The molecule has 0 saturated carbocycles. The first-order valence-corrected chi connectivity index (χ1v) is 6.92. The number of rotatable bonds is 5. The zero-order valence-corrected chi connectivity index (χ0v) is 12.2. The van der Waals surface area contributed by atoms with Crippen LogP contribution in [0.3, 0.4) is 0 Å². The van der Waals surface area contributed by atoms with Crippen molar-refractivity contribution in [3.8, 4) is 0 Å². The molecule has 0 saturated heterocycles. The molecule has 98 valence electrons. The summed E-state index contributed by atoms with van der Waals surface area (Å²) in [4.78, 5) is 3.63. The van der Waals surface area contributed by atoms with Crippen LogP contribution in [0.1, 0.15) is 16.1 Å². The van der Waals surface area contributed by atoms with Crippen molar-refractivity contribution >= 4 is 17.2 Å². The summed E-state index contributed by atoms with van der Waals surface area (Å²) in [6.07, 6.45) is 0. The van der Waals surface area contributed by atoms with Gasteiger partial charge in [0.15, 0.2) is 0 Å². The third-order valence-corrected chi connectivity index (χ3v) is 3.86. The number of thiophene rings is 1. The van der Waals surface area contributed by atoms with Crippen LogP contribution in [0.15, 0.2) is 17.5 Å². The van der Waals surface area contributed by atoms with Crippen molar-refractivity contribution < 1.29 is 0 Å². The molecule has 0 spiro atoms. The Morgan fingerprint density at radius 3 is 2.89 bits per heavy atom. The summed E-state index contributed by atoms with van der Waals surface area (Å²) in [7, 11) is 6.09. The first kappa shape index (κ1) is 13.1. The lowest BCUT2D eigenvalue weighted by Gasteiger charge is -2.20. The first-order chi connectivity index (χ1) is 8.63. The summed E-state index contributed by atoms with van der Waals surface area (Å²) >= 11 is 1.79. The van der Waals surface area contributed by atoms with Crippen LogP contribution in [0.25, 0.3) is 0 Å². The van der Waals surface area contributed by atoms with Gasteiger partial charge < -0.3 is 10.2 Å². The smallest absolute Gasteiger partial charge is 0.131 e. The fraction of sp³-hybridized carbons (Fsp3) is 0.462. The Kier molecular flexibility index (Phi) is 4.04. The molecule has 2 rings (SSSR count). The first-order valence-electron chi connectivity index (χ1n) is 6.04. The van der Waals surface area contributed by atoms with E-state index >= 15 is 0 Å². The molecule has 0 aromatic carbocycles. The van der Waals surface area contributed by atoms with E-state index in [2.05, 4.69) is 46.8 Å². The third kappa shape index (κ3) is 2.57. The molecule has 4 nitrogen and oxygen atoms in total. The average Bonchev–Trinajstić information content (AvgIpc) is 2.89. The van der Waals surface area contributed by atoms with Gasteiger partial charge in [-0.3, -0.25) is 4.68 Å². The van der Waals surface area contributed by atoms with E-state index in [1.165, 1.54) is 16.3 Å². The van der Waals surface area contributed by atoms with Gasteiger partial charge in [-0.1, -0.05) is 6.07 Å². The summed E-state index contributed by atoms with van der Waals surface area (Å²) in [6.45, 7) is 3.84. The molecular weight excluding hydrogens is 244 g/mol. The fourth-order valence-electron chi connectivity index (χ4n) is 2.26. The SMILES string of the molecule is CNCc1c(C)nn(C)c1N(C)Cc1cccs1. The molecular formula is C13H20N4S. The van der Waals surface area contributed by atoms with Gasteiger partial charge in [-0.2, -0.15) is 5.10 Å². The lowest BCUT2D eigenvalue weighted by atomic mass is 10.2. The lowest BCUT2D eigenvalue weighted by molar-refractivity contribution is 0.725. The van der Waals surface area contributed by atoms with Crippen LogP contribution in [0.2, 0.25) is 0 Å². The molecule has 2 aromatic heterocycles. The number of hydrogen-bond donors (Lipinski definition) is 1. The van der Waals surface area contributed by atoms with Gasteiger partial charge >= 0.3 is 0 Å². The van der Waals surface area contributed by atoms with E-state index < -0.39 is 0 Å². The summed E-state index contributed by atoms with van der Waals surface area (Å²) in [5.74, 6) is 1.19. The van der Waals surface area contributed by atoms with Crippen molar-refractivity contribution in [2.24, 2.45) is 7.05 Å². The van der Waals surface area contributed by atoms with Crippen LogP contribution >= 0.6 is 11.3 Å². The van der Waals surface area contributed by atoms with Gasteiger partial charge in [0.05, 0.1) is 12.2 Å². The van der Waals surface area contributed by atoms with Crippen molar-refractivity contribution in [2.75, 3.05) is 19.0 Å². The summed E-state index contributed by atoms with van der Waals surface area (Å²) < 4.78 is 1.97. The maximum Gasteiger partial charge on any atom is 0.131 e.